The lowest BCUT2D eigenvalue weighted by atomic mass is 9.76. The summed E-state index contributed by atoms with van der Waals surface area (Å²) >= 11 is 0. The number of hydrogen-bond donors (Lipinski definition) is 1. The molecule has 1 amide bonds. The van der Waals surface area contributed by atoms with Crippen molar-refractivity contribution in [3.05, 3.63) is 54.1 Å². The van der Waals surface area contributed by atoms with Crippen LogP contribution in [0.2, 0.25) is 0 Å². The second-order valence-electron chi connectivity index (χ2n) is 11.7. The highest BCUT2D eigenvalue weighted by Gasteiger charge is 2.34. The summed E-state index contributed by atoms with van der Waals surface area (Å²) in [6.45, 7) is 1.15. The zero-order valence-corrected chi connectivity index (χ0v) is 26.3. The van der Waals surface area contributed by atoms with E-state index in [1.54, 1.807) is 6.07 Å². The van der Waals surface area contributed by atoms with Crippen LogP contribution in [0.3, 0.4) is 0 Å². The molecule has 4 rings (SSSR count). The van der Waals surface area contributed by atoms with E-state index in [-0.39, 0.29) is 30.1 Å². The summed E-state index contributed by atoms with van der Waals surface area (Å²) in [5.41, 5.74) is 1.40. The Morgan fingerprint density at radius 1 is 1.00 bits per heavy atom. The van der Waals surface area contributed by atoms with E-state index in [0.717, 1.165) is 25.7 Å². The summed E-state index contributed by atoms with van der Waals surface area (Å²) in [6, 6.07) is 15.8. The van der Waals surface area contributed by atoms with Gasteiger partial charge in [-0.05, 0) is 88.6 Å². The zero-order chi connectivity index (χ0) is 30.1. The number of aryl methyl sites for hydroxylation is 1. The maximum Gasteiger partial charge on any atom is 0.246 e. The second-order valence-corrected chi connectivity index (χ2v) is 13.7. The molecule has 9 nitrogen and oxygen atoms in total. The largest absolute Gasteiger partial charge is 0.493 e. The molecule has 0 spiro atoms. The Morgan fingerprint density at radius 3 is 2.38 bits per heavy atom. The molecule has 0 bridgehead atoms. The zero-order valence-electron chi connectivity index (χ0n) is 25.5. The fourth-order valence-electron chi connectivity index (χ4n) is 6.33. The first kappa shape index (κ1) is 32.3. The van der Waals surface area contributed by atoms with Crippen LogP contribution in [-0.2, 0) is 26.0 Å². The molecule has 0 radical (unpaired) electrons. The summed E-state index contributed by atoms with van der Waals surface area (Å²) in [5, 5.41) is 3.05. The Labute approximate surface area is 251 Å². The third-order valence-corrected chi connectivity index (χ3v) is 10.7. The van der Waals surface area contributed by atoms with Gasteiger partial charge in [-0.2, -0.15) is 4.31 Å². The number of amides is 1. The third-order valence-electron chi connectivity index (χ3n) is 8.81. The molecular formula is C32H47N3O6S. The second kappa shape index (κ2) is 15.2. The van der Waals surface area contributed by atoms with Gasteiger partial charge in [-0.1, -0.05) is 30.3 Å². The van der Waals surface area contributed by atoms with Crippen molar-refractivity contribution in [1.82, 2.24) is 14.5 Å². The van der Waals surface area contributed by atoms with Crippen molar-refractivity contribution in [3.63, 3.8) is 0 Å². The van der Waals surface area contributed by atoms with Gasteiger partial charge in [0.15, 0.2) is 11.5 Å². The molecule has 1 saturated heterocycles. The van der Waals surface area contributed by atoms with Gasteiger partial charge in [0, 0.05) is 31.7 Å². The van der Waals surface area contributed by atoms with Gasteiger partial charge in [0.1, 0.15) is 6.61 Å². The molecule has 1 aliphatic carbocycles. The van der Waals surface area contributed by atoms with Crippen LogP contribution < -0.4 is 14.8 Å². The number of carbonyl (C=O) groups is 1. The van der Waals surface area contributed by atoms with E-state index >= 15 is 0 Å². The molecule has 2 unspecified atom stereocenters. The number of benzene rings is 2. The molecule has 42 heavy (non-hydrogen) atoms. The van der Waals surface area contributed by atoms with Crippen molar-refractivity contribution < 1.29 is 27.4 Å². The minimum absolute atomic E-state index is 0.0630. The van der Waals surface area contributed by atoms with Crippen LogP contribution in [0.5, 0.6) is 11.5 Å². The Kier molecular flexibility index (Phi) is 11.7. The highest BCUT2D eigenvalue weighted by atomic mass is 32.2. The smallest absolute Gasteiger partial charge is 0.246 e. The topological polar surface area (TPSA) is 97.4 Å². The van der Waals surface area contributed by atoms with Gasteiger partial charge in [0.25, 0.3) is 0 Å². The number of carbonyl (C=O) groups excluding carboxylic acids is 1. The number of hydrogen-bond acceptors (Lipinski definition) is 7. The van der Waals surface area contributed by atoms with Crippen LogP contribution in [0.15, 0.2) is 53.4 Å². The fourth-order valence-corrected chi connectivity index (χ4v) is 7.84. The first-order chi connectivity index (χ1) is 20.2. The summed E-state index contributed by atoms with van der Waals surface area (Å²) in [5.74, 6) is 1.84. The average Bonchev–Trinajstić information content (AvgIpc) is 3.50. The van der Waals surface area contributed by atoms with E-state index in [1.165, 1.54) is 49.1 Å². The Bertz CT molecular complexity index is 1250. The summed E-state index contributed by atoms with van der Waals surface area (Å²) in [4.78, 5) is 15.1. The molecule has 1 heterocycles. The van der Waals surface area contributed by atoms with Crippen LogP contribution in [-0.4, -0.2) is 90.2 Å². The number of nitrogens with one attached hydrogen (secondary N) is 1. The number of ether oxygens (including phenoxy) is 3. The number of sulfonamides is 1. The lowest BCUT2D eigenvalue weighted by molar-refractivity contribution is -0.127. The molecule has 1 aliphatic heterocycles. The molecule has 0 aromatic heterocycles. The van der Waals surface area contributed by atoms with E-state index in [9.17, 15) is 13.2 Å². The minimum Gasteiger partial charge on any atom is -0.493 e. The van der Waals surface area contributed by atoms with Gasteiger partial charge in [0.2, 0.25) is 15.9 Å². The van der Waals surface area contributed by atoms with Crippen LogP contribution >= 0.6 is 0 Å². The van der Waals surface area contributed by atoms with Crippen molar-refractivity contribution in [2.45, 2.75) is 62.0 Å². The normalized spacial score (nSPS) is 22.2. The Balaban J connectivity index is 1.16. The number of rotatable bonds is 14. The SMILES string of the molecule is COc1ccc(S(=O)(=O)N2CCC(OCC(=O)NCC3CCC(C(CCc4ccccc4)N(C)C)CC3)C2)cc1OC. The Hall–Kier alpha value is -2.66. The van der Waals surface area contributed by atoms with E-state index in [1.807, 2.05) is 0 Å². The van der Waals surface area contributed by atoms with Crippen molar-refractivity contribution in [1.29, 1.82) is 0 Å². The van der Waals surface area contributed by atoms with Gasteiger partial charge in [0.05, 0.1) is 25.2 Å². The van der Waals surface area contributed by atoms with Crippen molar-refractivity contribution in [3.8, 4) is 11.5 Å². The molecule has 2 fully saturated rings. The quantitative estimate of drug-likeness (QED) is 0.350. The molecule has 2 atom stereocenters. The molecule has 10 heteroatoms. The predicted octanol–water partition coefficient (Wildman–Crippen LogP) is 3.97. The maximum atomic E-state index is 13.2. The first-order valence-corrected chi connectivity index (χ1v) is 16.5. The first-order valence-electron chi connectivity index (χ1n) is 15.0. The van der Waals surface area contributed by atoms with Gasteiger partial charge in [-0.25, -0.2) is 8.42 Å². The lowest BCUT2D eigenvalue weighted by Gasteiger charge is -2.37. The monoisotopic (exact) mass is 601 g/mol. The molecular weight excluding hydrogens is 554 g/mol. The van der Waals surface area contributed by atoms with Crippen LogP contribution in [0.4, 0.5) is 0 Å². The molecule has 2 aromatic carbocycles. The highest BCUT2D eigenvalue weighted by Crippen LogP contribution is 2.34. The lowest BCUT2D eigenvalue weighted by Crippen LogP contribution is -2.40. The van der Waals surface area contributed by atoms with Crippen molar-refractivity contribution in [2.24, 2.45) is 11.8 Å². The average molecular weight is 602 g/mol. The van der Waals surface area contributed by atoms with Crippen molar-refractivity contribution >= 4 is 15.9 Å². The van der Waals surface area contributed by atoms with Gasteiger partial charge < -0.3 is 24.4 Å². The molecule has 1 N–H and O–H groups in total. The van der Waals surface area contributed by atoms with Crippen LogP contribution in [0.25, 0.3) is 0 Å². The predicted molar refractivity (Wildman–Crippen MR) is 163 cm³/mol. The Morgan fingerprint density at radius 2 is 1.71 bits per heavy atom. The van der Waals surface area contributed by atoms with Crippen LogP contribution in [0, 0.1) is 11.8 Å². The minimum atomic E-state index is -3.71. The van der Waals surface area contributed by atoms with E-state index in [0.29, 0.717) is 48.9 Å². The van der Waals surface area contributed by atoms with Gasteiger partial charge in [-0.15, -0.1) is 0 Å². The third kappa shape index (κ3) is 8.46. The summed E-state index contributed by atoms with van der Waals surface area (Å²) in [7, 11) is 3.65. The molecule has 2 aliphatic rings. The molecule has 2 aromatic rings. The number of nitrogens with zero attached hydrogens (tertiary/aromatic N) is 2. The van der Waals surface area contributed by atoms with Gasteiger partial charge in [-0.3, -0.25) is 4.79 Å². The standard InChI is InChI=1S/C32H47N3O6S/c1-34(2)29(16-12-24-8-6-5-7-9-24)26-13-10-25(11-14-26)21-33-32(36)23-41-27-18-19-35(22-27)42(37,38)28-15-17-30(39-3)31(20-28)40-4/h5-9,15,17,20,25-27,29H,10-14,16,18-19,21-23H2,1-4H3,(H,33,36). The maximum absolute atomic E-state index is 13.2. The van der Waals surface area contributed by atoms with Crippen LogP contribution in [0.1, 0.15) is 44.1 Å². The molecule has 232 valence electrons. The number of methoxy groups -OCH3 is 2. The molecule has 1 saturated carbocycles. The fraction of sp³-hybridized carbons (Fsp3) is 0.594. The summed E-state index contributed by atoms with van der Waals surface area (Å²) in [6.07, 6.45) is 7.08. The highest BCUT2D eigenvalue weighted by molar-refractivity contribution is 7.89. The van der Waals surface area contributed by atoms with Gasteiger partial charge >= 0.3 is 0 Å². The van der Waals surface area contributed by atoms with E-state index in [2.05, 4.69) is 54.6 Å². The van der Waals surface area contributed by atoms with E-state index in [4.69, 9.17) is 14.2 Å². The van der Waals surface area contributed by atoms with Crippen molar-refractivity contribution in [2.75, 3.05) is 54.6 Å². The summed E-state index contributed by atoms with van der Waals surface area (Å²) < 4.78 is 44.0. The van der Waals surface area contributed by atoms with E-state index < -0.39 is 10.0 Å².